The fourth-order valence-corrected chi connectivity index (χ4v) is 0.800. The third kappa shape index (κ3) is 0.621. The highest BCUT2D eigenvalue weighted by atomic mass is 16.4. The predicted molar refractivity (Wildman–Crippen MR) is 33.3 cm³/mol. The van der Waals surface area contributed by atoms with E-state index in [0.717, 1.165) is 0 Å². The zero-order chi connectivity index (χ0) is 6.97. The average molecular weight is 135 g/mol. The van der Waals surface area contributed by atoms with E-state index >= 15 is 0 Å². The van der Waals surface area contributed by atoms with Crippen molar-refractivity contribution in [3.8, 4) is 0 Å². The van der Waals surface area contributed by atoms with E-state index in [4.69, 9.17) is 9.83 Å². The monoisotopic (exact) mass is 135 g/mol. The lowest BCUT2D eigenvalue weighted by molar-refractivity contribution is 0.477. The van der Waals surface area contributed by atoms with E-state index in [1.165, 1.54) is 0 Å². The predicted octanol–water partition coefficient (Wildman–Crippen LogP) is 0.407. The van der Waals surface area contributed by atoms with Crippen LogP contribution < -0.4 is 5.68 Å². The molecule has 0 amide bonds. The number of fused-ring (bicyclic) bond motifs is 1. The summed E-state index contributed by atoms with van der Waals surface area (Å²) in [6.45, 7) is 0. The second-order valence-corrected chi connectivity index (χ2v) is 1.91. The van der Waals surface area contributed by atoms with Crippen LogP contribution in [0.4, 0.5) is 0 Å². The van der Waals surface area contributed by atoms with Gasteiger partial charge in [0.05, 0.1) is 0 Å². The Bertz CT molecular complexity index is 400. The highest BCUT2D eigenvalue weighted by molar-refractivity contribution is 5.32. The highest BCUT2D eigenvalue weighted by Crippen LogP contribution is 1.96. The summed E-state index contributed by atoms with van der Waals surface area (Å²) in [4.78, 5) is 3.64. The van der Waals surface area contributed by atoms with Gasteiger partial charge in [0.15, 0.2) is 0 Å². The molecule has 0 atom stereocenters. The molecule has 0 fully saturated rings. The van der Waals surface area contributed by atoms with Crippen LogP contribution in [0.15, 0.2) is 29.1 Å². The summed E-state index contributed by atoms with van der Waals surface area (Å²) in [5.74, 6) is 0. The van der Waals surface area contributed by atoms with Gasteiger partial charge in [0, 0.05) is 12.3 Å². The summed E-state index contributed by atoms with van der Waals surface area (Å²) in [5.41, 5.74) is 0.575. The first-order chi connectivity index (χ1) is 4.86. The molecule has 0 aromatic carbocycles. The van der Waals surface area contributed by atoms with Gasteiger partial charge in [-0.2, -0.15) is 4.98 Å². The molecule has 0 saturated heterocycles. The zero-order valence-electron chi connectivity index (χ0n) is 5.11. The van der Waals surface area contributed by atoms with Gasteiger partial charge in [-0.25, -0.2) is 5.41 Å². The minimum Gasteiger partial charge on any atom is -0.407 e. The molecule has 4 heteroatoms. The van der Waals surface area contributed by atoms with Gasteiger partial charge in [-0.15, -0.1) is 0 Å². The van der Waals surface area contributed by atoms with Crippen molar-refractivity contribution in [1.82, 2.24) is 9.38 Å². The normalized spacial score (nSPS) is 10.4. The van der Waals surface area contributed by atoms with E-state index in [1.54, 1.807) is 16.8 Å². The molecule has 0 aliphatic carbocycles. The molecule has 10 heavy (non-hydrogen) atoms. The van der Waals surface area contributed by atoms with Gasteiger partial charge in [0.25, 0.3) is 0 Å². The Hall–Kier alpha value is -1.58. The Morgan fingerprint density at radius 3 is 3.40 bits per heavy atom. The van der Waals surface area contributed by atoms with E-state index in [1.807, 2.05) is 12.3 Å². The van der Waals surface area contributed by atoms with Crippen molar-refractivity contribution < 1.29 is 4.42 Å². The molecule has 2 heterocycles. The van der Waals surface area contributed by atoms with E-state index in [2.05, 4.69) is 4.98 Å². The maximum absolute atomic E-state index is 7.02. The second kappa shape index (κ2) is 1.70. The van der Waals surface area contributed by atoms with Crippen molar-refractivity contribution in [2.24, 2.45) is 0 Å². The van der Waals surface area contributed by atoms with Crippen LogP contribution in [0.3, 0.4) is 0 Å². The number of aromatic nitrogens is 2. The largest absolute Gasteiger partial charge is 0.407 e. The summed E-state index contributed by atoms with van der Waals surface area (Å²) >= 11 is 0. The molecular weight excluding hydrogens is 130 g/mol. The Morgan fingerprint density at radius 1 is 1.60 bits per heavy atom. The Balaban J connectivity index is 2.99. The third-order valence-corrected chi connectivity index (χ3v) is 1.24. The zero-order valence-corrected chi connectivity index (χ0v) is 5.11. The molecule has 0 unspecified atom stereocenters. The molecule has 2 rings (SSSR count). The van der Waals surface area contributed by atoms with Crippen LogP contribution in [0.1, 0.15) is 0 Å². The molecule has 0 saturated carbocycles. The summed E-state index contributed by atoms with van der Waals surface area (Å²) in [7, 11) is 0. The average Bonchev–Trinajstić information content (AvgIpc) is 2.33. The van der Waals surface area contributed by atoms with Crippen LogP contribution in [0.25, 0.3) is 5.71 Å². The number of nitrogens with one attached hydrogen (secondary N) is 1. The molecule has 2 aromatic heterocycles. The molecule has 0 aliphatic heterocycles. The van der Waals surface area contributed by atoms with Crippen LogP contribution in [-0.4, -0.2) is 9.38 Å². The number of hydrogen-bond donors (Lipinski definition) is 1. The van der Waals surface area contributed by atoms with Crippen molar-refractivity contribution in [3.05, 3.63) is 30.3 Å². The molecule has 4 nitrogen and oxygen atoms in total. The van der Waals surface area contributed by atoms with E-state index in [0.29, 0.717) is 5.71 Å². The van der Waals surface area contributed by atoms with E-state index in [9.17, 15) is 0 Å². The lowest BCUT2D eigenvalue weighted by Gasteiger charge is -1.88. The Kier molecular flexibility index (Phi) is 0.887. The smallest absolute Gasteiger partial charge is 0.317 e. The van der Waals surface area contributed by atoms with Crippen molar-refractivity contribution in [1.29, 1.82) is 5.41 Å². The topological polar surface area (TPSA) is 54.3 Å². The van der Waals surface area contributed by atoms with Crippen molar-refractivity contribution in [2.45, 2.75) is 0 Å². The van der Waals surface area contributed by atoms with Crippen LogP contribution in [0, 0.1) is 5.41 Å². The molecule has 50 valence electrons. The number of hydrogen-bond acceptors (Lipinski definition) is 3. The quantitative estimate of drug-likeness (QED) is 0.568. The maximum Gasteiger partial charge on any atom is 0.317 e. The van der Waals surface area contributed by atoms with Crippen molar-refractivity contribution >= 4 is 5.71 Å². The van der Waals surface area contributed by atoms with Gasteiger partial charge in [-0.05, 0) is 6.07 Å². The van der Waals surface area contributed by atoms with Crippen LogP contribution >= 0.6 is 0 Å². The SMILES string of the molecule is N=c1ncn2cccc2o1. The molecule has 0 spiro atoms. The minimum absolute atomic E-state index is 0.0637. The molecule has 2 aromatic rings. The molecule has 0 bridgehead atoms. The first kappa shape index (κ1) is 5.22. The van der Waals surface area contributed by atoms with Crippen molar-refractivity contribution in [3.63, 3.8) is 0 Å². The van der Waals surface area contributed by atoms with Crippen LogP contribution in [0.5, 0.6) is 0 Å². The summed E-state index contributed by atoms with van der Waals surface area (Å²) in [5, 5.41) is 7.02. The van der Waals surface area contributed by atoms with Gasteiger partial charge < -0.3 is 4.42 Å². The Labute approximate surface area is 56.3 Å². The minimum atomic E-state index is -0.0637. The fraction of sp³-hybridized carbons (Fsp3) is 0. The third-order valence-electron chi connectivity index (χ3n) is 1.24. The summed E-state index contributed by atoms with van der Waals surface area (Å²) < 4.78 is 6.63. The molecule has 1 N–H and O–H groups in total. The molecular formula is C6H5N3O. The van der Waals surface area contributed by atoms with Gasteiger partial charge in [0.2, 0.25) is 5.71 Å². The fourth-order valence-electron chi connectivity index (χ4n) is 0.800. The van der Waals surface area contributed by atoms with Crippen LogP contribution in [0.2, 0.25) is 0 Å². The first-order valence-corrected chi connectivity index (χ1v) is 2.84. The molecule has 0 radical (unpaired) electrons. The van der Waals surface area contributed by atoms with Gasteiger partial charge in [-0.3, -0.25) is 4.40 Å². The standard InChI is InChI=1S/C6H5N3O/c7-6-8-4-9-3-1-2-5(9)10-6/h1-4,7H. The number of rotatable bonds is 0. The van der Waals surface area contributed by atoms with Gasteiger partial charge >= 0.3 is 5.68 Å². The Morgan fingerprint density at radius 2 is 2.50 bits per heavy atom. The van der Waals surface area contributed by atoms with Crippen molar-refractivity contribution in [2.75, 3.05) is 0 Å². The summed E-state index contributed by atoms with van der Waals surface area (Å²) in [6, 6.07) is 3.61. The summed E-state index contributed by atoms with van der Waals surface area (Å²) in [6.07, 6.45) is 3.35. The first-order valence-electron chi connectivity index (χ1n) is 2.84. The lowest BCUT2D eigenvalue weighted by Crippen LogP contribution is -2.04. The van der Waals surface area contributed by atoms with Gasteiger partial charge in [-0.1, -0.05) is 0 Å². The van der Waals surface area contributed by atoms with E-state index in [-0.39, 0.29) is 5.68 Å². The maximum atomic E-state index is 7.02. The second-order valence-electron chi connectivity index (χ2n) is 1.91. The highest BCUT2D eigenvalue weighted by Gasteiger charge is 1.90. The van der Waals surface area contributed by atoms with E-state index < -0.39 is 0 Å². The lowest BCUT2D eigenvalue weighted by atomic mass is 10.7. The number of nitrogens with zero attached hydrogens (tertiary/aromatic N) is 2. The molecule has 0 aliphatic rings. The van der Waals surface area contributed by atoms with Crippen LogP contribution in [-0.2, 0) is 0 Å². The van der Waals surface area contributed by atoms with Gasteiger partial charge in [0.1, 0.15) is 6.33 Å².